The molecule has 2 rings (SSSR count). The lowest BCUT2D eigenvalue weighted by Crippen LogP contribution is -2.10. The van der Waals surface area contributed by atoms with Gasteiger partial charge in [0.05, 0.1) is 12.3 Å². The number of benzene rings is 1. The van der Waals surface area contributed by atoms with Gasteiger partial charge in [-0.25, -0.2) is 0 Å². The molecule has 1 aliphatic heterocycles. The maximum atomic E-state index is 5.86. The third-order valence-corrected chi connectivity index (χ3v) is 3.09. The van der Waals surface area contributed by atoms with Crippen LogP contribution in [0.4, 0.5) is 0 Å². The Morgan fingerprint density at radius 2 is 1.75 bits per heavy atom. The Bertz CT molecular complexity index is 447. The Hall–Kier alpha value is -1.08. The normalized spacial score (nSPS) is 16.0. The van der Waals surface area contributed by atoms with Gasteiger partial charge in [-0.2, -0.15) is 0 Å². The van der Waals surface area contributed by atoms with Gasteiger partial charge in [0.25, 0.3) is 0 Å². The molecule has 0 amide bonds. The van der Waals surface area contributed by atoms with Crippen molar-refractivity contribution in [2.75, 3.05) is 6.54 Å². The van der Waals surface area contributed by atoms with E-state index in [1.54, 1.807) is 0 Å². The summed E-state index contributed by atoms with van der Waals surface area (Å²) < 4.78 is 0. The third-order valence-electron chi connectivity index (χ3n) is 2.83. The zero-order valence-corrected chi connectivity index (χ0v) is 10.7. The zero-order valence-electron chi connectivity index (χ0n) is 9.92. The summed E-state index contributed by atoms with van der Waals surface area (Å²) in [5.74, 6) is 0. The molecule has 0 aliphatic carbocycles. The van der Waals surface area contributed by atoms with Crippen LogP contribution in [0.3, 0.4) is 0 Å². The number of aliphatic imine (C=N–C) groups is 1. The summed E-state index contributed by atoms with van der Waals surface area (Å²) in [7, 11) is 0. The fourth-order valence-electron chi connectivity index (χ4n) is 1.68. The average molecular weight is 234 g/mol. The molecule has 0 saturated carbocycles. The molecular formula is C14H16ClN. The number of rotatable bonds is 1. The standard InChI is InChI=1S/C14H16ClN/c1-14(2,3)11-8-13(16-9-11)10-4-6-12(15)7-5-10/h4-8H,9H2,1-3H3. The van der Waals surface area contributed by atoms with Gasteiger partial charge in [0, 0.05) is 5.02 Å². The van der Waals surface area contributed by atoms with Gasteiger partial charge in [-0.3, -0.25) is 4.99 Å². The van der Waals surface area contributed by atoms with Crippen LogP contribution >= 0.6 is 11.6 Å². The van der Waals surface area contributed by atoms with E-state index in [2.05, 4.69) is 31.8 Å². The molecule has 1 aliphatic rings. The minimum atomic E-state index is 0.206. The molecule has 1 aromatic carbocycles. The molecule has 0 spiro atoms. The molecule has 0 aromatic heterocycles. The lowest BCUT2D eigenvalue weighted by atomic mass is 9.86. The monoisotopic (exact) mass is 233 g/mol. The molecule has 16 heavy (non-hydrogen) atoms. The second-order valence-corrected chi connectivity index (χ2v) is 5.56. The second kappa shape index (κ2) is 4.06. The van der Waals surface area contributed by atoms with E-state index in [0.29, 0.717) is 0 Å². The van der Waals surface area contributed by atoms with Crippen LogP contribution in [0.1, 0.15) is 26.3 Å². The van der Waals surface area contributed by atoms with Crippen LogP contribution in [0, 0.1) is 5.41 Å². The van der Waals surface area contributed by atoms with Crippen molar-refractivity contribution in [3.63, 3.8) is 0 Å². The summed E-state index contributed by atoms with van der Waals surface area (Å²) in [6, 6.07) is 7.84. The summed E-state index contributed by atoms with van der Waals surface area (Å²) in [4.78, 5) is 4.56. The van der Waals surface area contributed by atoms with Crippen molar-refractivity contribution in [3.8, 4) is 0 Å². The van der Waals surface area contributed by atoms with E-state index >= 15 is 0 Å². The Kier molecular flexibility index (Phi) is 2.90. The van der Waals surface area contributed by atoms with E-state index < -0.39 is 0 Å². The van der Waals surface area contributed by atoms with Crippen molar-refractivity contribution < 1.29 is 0 Å². The molecule has 0 fully saturated rings. The average Bonchev–Trinajstić information content (AvgIpc) is 2.67. The van der Waals surface area contributed by atoms with Crippen molar-refractivity contribution in [2.45, 2.75) is 20.8 Å². The number of nitrogens with zero attached hydrogens (tertiary/aromatic N) is 1. The molecule has 1 heterocycles. The van der Waals surface area contributed by atoms with Crippen LogP contribution in [0.5, 0.6) is 0 Å². The largest absolute Gasteiger partial charge is 0.280 e. The molecule has 0 N–H and O–H groups in total. The first-order valence-corrected chi connectivity index (χ1v) is 5.86. The van der Waals surface area contributed by atoms with Gasteiger partial charge in [0.2, 0.25) is 0 Å². The first kappa shape index (κ1) is 11.4. The summed E-state index contributed by atoms with van der Waals surface area (Å²) >= 11 is 5.86. The van der Waals surface area contributed by atoms with Gasteiger partial charge in [0.1, 0.15) is 0 Å². The second-order valence-electron chi connectivity index (χ2n) is 5.13. The van der Waals surface area contributed by atoms with Gasteiger partial charge >= 0.3 is 0 Å². The summed E-state index contributed by atoms with van der Waals surface area (Å²) in [5, 5.41) is 0.766. The Labute approximate surface area is 102 Å². The van der Waals surface area contributed by atoms with Crippen LogP contribution in [-0.2, 0) is 0 Å². The maximum Gasteiger partial charge on any atom is 0.0651 e. The van der Waals surface area contributed by atoms with Crippen LogP contribution in [0.25, 0.3) is 0 Å². The van der Waals surface area contributed by atoms with Gasteiger partial charge in [-0.1, -0.05) is 44.5 Å². The van der Waals surface area contributed by atoms with Crippen molar-refractivity contribution in [3.05, 3.63) is 46.5 Å². The van der Waals surface area contributed by atoms with E-state index in [1.165, 1.54) is 5.57 Å². The molecule has 1 nitrogen and oxygen atoms in total. The van der Waals surface area contributed by atoms with E-state index in [9.17, 15) is 0 Å². The summed E-state index contributed by atoms with van der Waals surface area (Å²) in [6.07, 6.45) is 2.20. The highest BCUT2D eigenvalue weighted by Crippen LogP contribution is 2.29. The minimum absolute atomic E-state index is 0.206. The molecule has 0 atom stereocenters. The van der Waals surface area contributed by atoms with Gasteiger partial charge in [0.15, 0.2) is 0 Å². The predicted octanol–water partition coefficient (Wildman–Crippen LogP) is 4.12. The molecule has 0 radical (unpaired) electrons. The van der Waals surface area contributed by atoms with Crippen LogP contribution in [0.2, 0.25) is 5.02 Å². The predicted molar refractivity (Wildman–Crippen MR) is 70.4 cm³/mol. The number of allylic oxidation sites excluding steroid dienone is 1. The number of hydrogen-bond donors (Lipinski definition) is 0. The SMILES string of the molecule is CC(C)(C)C1=CC(c2ccc(Cl)cc2)=NC1. The molecule has 0 unspecified atom stereocenters. The van der Waals surface area contributed by atoms with E-state index in [0.717, 1.165) is 22.8 Å². The van der Waals surface area contributed by atoms with E-state index in [4.69, 9.17) is 11.6 Å². The smallest absolute Gasteiger partial charge is 0.0651 e. The van der Waals surface area contributed by atoms with E-state index in [1.807, 2.05) is 24.3 Å². The fraction of sp³-hybridized carbons (Fsp3) is 0.357. The van der Waals surface area contributed by atoms with Gasteiger partial charge in [-0.05, 0) is 34.8 Å². The first-order valence-electron chi connectivity index (χ1n) is 5.48. The quantitative estimate of drug-likeness (QED) is 0.692. The Morgan fingerprint density at radius 1 is 1.12 bits per heavy atom. The minimum Gasteiger partial charge on any atom is -0.280 e. The fourth-order valence-corrected chi connectivity index (χ4v) is 1.80. The number of halogens is 1. The Morgan fingerprint density at radius 3 is 2.25 bits per heavy atom. The van der Waals surface area contributed by atoms with Gasteiger partial charge in [-0.15, -0.1) is 0 Å². The highest BCUT2D eigenvalue weighted by molar-refractivity contribution is 6.30. The third kappa shape index (κ3) is 2.35. The van der Waals surface area contributed by atoms with Crippen LogP contribution in [0.15, 0.2) is 40.9 Å². The molecular weight excluding hydrogens is 218 g/mol. The van der Waals surface area contributed by atoms with Crippen LogP contribution in [-0.4, -0.2) is 12.3 Å². The van der Waals surface area contributed by atoms with Crippen molar-refractivity contribution in [2.24, 2.45) is 10.4 Å². The lowest BCUT2D eigenvalue weighted by Gasteiger charge is -2.18. The van der Waals surface area contributed by atoms with Crippen molar-refractivity contribution in [1.29, 1.82) is 0 Å². The van der Waals surface area contributed by atoms with Gasteiger partial charge < -0.3 is 0 Å². The van der Waals surface area contributed by atoms with E-state index in [-0.39, 0.29) is 5.41 Å². The topological polar surface area (TPSA) is 12.4 Å². The lowest BCUT2D eigenvalue weighted by molar-refractivity contribution is 0.499. The summed E-state index contributed by atoms with van der Waals surface area (Å²) in [5.41, 5.74) is 3.81. The summed E-state index contributed by atoms with van der Waals surface area (Å²) in [6.45, 7) is 7.49. The number of hydrogen-bond acceptors (Lipinski definition) is 1. The zero-order chi connectivity index (χ0) is 11.8. The highest BCUT2D eigenvalue weighted by Gasteiger charge is 2.21. The Balaban J connectivity index is 2.25. The van der Waals surface area contributed by atoms with Crippen LogP contribution < -0.4 is 0 Å². The molecule has 0 bridgehead atoms. The molecule has 84 valence electrons. The molecule has 1 aromatic rings. The van der Waals surface area contributed by atoms with Crippen molar-refractivity contribution in [1.82, 2.24) is 0 Å². The first-order chi connectivity index (χ1) is 7.47. The molecule has 2 heteroatoms. The maximum absolute atomic E-state index is 5.86. The van der Waals surface area contributed by atoms with Crippen molar-refractivity contribution >= 4 is 17.3 Å². The molecule has 0 saturated heterocycles. The highest BCUT2D eigenvalue weighted by atomic mass is 35.5.